The Hall–Kier alpha value is -2.66. The smallest absolute Gasteiger partial charge is 0.203 e. The molecule has 0 radical (unpaired) electrons. The van der Waals surface area contributed by atoms with Crippen molar-refractivity contribution in [1.29, 1.82) is 0 Å². The molecule has 0 aliphatic rings. The third kappa shape index (κ3) is 3.90. The van der Waals surface area contributed by atoms with Crippen LogP contribution in [0.25, 0.3) is 0 Å². The molecule has 1 aromatic heterocycles. The molecule has 0 aliphatic heterocycles. The van der Waals surface area contributed by atoms with Crippen molar-refractivity contribution in [3.05, 3.63) is 71.7 Å². The predicted octanol–water partition coefficient (Wildman–Crippen LogP) is 4.38. The molecule has 0 saturated carbocycles. The van der Waals surface area contributed by atoms with Crippen LogP contribution in [0.2, 0.25) is 0 Å². The molecular weight excluding hydrogens is 282 g/mol. The Labute approximate surface area is 126 Å². The number of ether oxygens (including phenoxy) is 1. The maximum absolute atomic E-state index is 5.78. The molecule has 4 nitrogen and oxygen atoms in total. The Morgan fingerprint density at radius 3 is 2.71 bits per heavy atom. The van der Waals surface area contributed by atoms with Crippen molar-refractivity contribution in [3.8, 4) is 11.5 Å². The second-order valence-corrected chi connectivity index (χ2v) is 5.09. The maximum atomic E-state index is 5.78. The van der Waals surface area contributed by atoms with Crippen molar-refractivity contribution in [2.75, 3.05) is 5.43 Å². The van der Waals surface area contributed by atoms with Gasteiger partial charge in [0.2, 0.25) is 5.13 Å². The number of hydrogen-bond donors (Lipinski definition) is 1. The number of rotatable bonds is 5. The summed E-state index contributed by atoms with van der Waals surface area (Å²) in [6.07, 6.45) is 3.47. The minimum absolute atomic E-state index is 0.767. The van der Waals surface area contributed by atoms with E-state index in [1.165, 1.54) is 11.3 Å². The van der Waals surface area contributed by atoms with Crippen molar-refractivity contribution in [3.63, 3.8) is 0 Å². The monoisotopic (exact) mass is 295 g/mol. The molecule has 0 atom stereocenters. The summed E-state index contributed by atoms with van der Waals surface area (Å²) in [7, 11) is 0. The number of anilines is 1. The van der Waals surface area contributed by atoms with Crippen molar-refractivity contribution in [2.45, 2.75) is 0 Å². The van der Waals surface area contributed by atoms with Gasteiger partial charge in [-0.1, -0.05) is 30.3 Å². The third-order valence-electron chi connectivity index (χ3n) is 2.64. The van der Waals surface area contributed by atoms with Gasteiger partial charge in [0, 0.05) is 11.6 Å². The topological polar surface area (TPSA) is 46.5 Å². The van der Waals surface area contributed by atoms with E-state index in [0.717, 1.165) is 22.2 Å². The fraction of sp³-hybridized carbons (Fsp3) is 0. The van der Waals surface area contributed by atoms with E-state index < -0.39 is 0 Å². The van der Waals surface area contributed by atoms with Gasteiger partial charge in [-0.15, -0.1) is 11.3 Å². The summed E-state index contributed by atoms with van der Waals surface area (Å²) < 4.78 is 5.78. The fourth-order valence-corrected chi connectivity index (χ4v) is 2.20. The lowest BCUT2D eigenvalue weighted by molar-refractivity contribution is 0.482. The number of hydrogen-bond acceptors (Lipinski definition) is 5. The van der Waals surface area contributed by atoms with Crippen LogP contribution in [0.5, 0.6) is 11.5 Å². The van der Waals surface area contributed by atoms with Crippen LogP contribution >= 0.6 is 11.3 Å². The van der Waals surface area contributed by atoms with Crippen LogP contribution in [0.1, 0.15) is 5.56 Å². The number of benzene rings is 2. The molecule has 0 spiro atoms. The standard InChI is InChI=1S/C16H13N3OS/c1-2-6-14(7-3-1)20-15-8-4-5-13(11-15)12-18-19-16-17-9-10-21-16/h1-12H,(H,17,19)/b18-12+. The number of para-hydroxylation sites is 1. The van der Waals surface area contributed by atoms with Gasteiger partial charge in [0.05, 0.1) is 6.21 Å². The SMILES string of the molecule is C(=N\Nc1nccs1)/c1cccc(Oc2ccccc2)c1. The van der Waals surface area contributed by atoms with Crippen LogP contribution in [-0.4, -0.2) is 11.2 Å². The number of nitrogens with zero attached hydrogens (tertiary/aromatic N) is 2. The maximum Gasteiger partial charge on any atom is 0.203 e. The van der Waals surface area contributed by atoms with Gasteiger partial charge in [0.25, 0.3) is 0 Å². The van der Waals surface area contributed by atoms with Crippen molar-refractivity contribution >= 4 is 22.7 Å². The van der Waals surface area contributed by atoms with Gasteiger partial charge < -0.3 is 4.74 Å². The van der Waals surface area contributed by atoms with Crippen molar-refractivity contribution in [2.24, 2.45) is 5.10 Å². The Kier molecular flexibility index (Phi) is 4.24. The molecule has 2 aromatic carbocycles. The lowest BCUT2D eigenvalue weighted by Crippen LogP contribution is -1.90. The largest absolute Gasteiger partial charge is 0.457 e. The van der Waals surface area contributed by atoms with Crippen LogP contribution < -0.4 is 10.2 Å². The normalized spacial score (nSPS) is 10.7. The third-order valence-corrected chi connectivity index (χ3v) is 3.32. The highest BCUT2D eigenvalue weighted by molar-refractivity contribution is 7.13. The molecule has 1 N–H and O–H groups in total. The van der Waals surface area contributed by atoms with E-state index in [0.29, 0.717) is 0 Å². The minimum atomic E-state index is 0.767. The highest BCUT2D eigenvalue weighted by atomic mass is 32.1. The molecule has 1 heterocycles. The zero-order chi connectivity index (χ0) is 14.3. The lowest BCUT2D eigenvalue weighted by Gasteiger charge is -2.05. The highest BCUT2D eigenvalue weighted by Gasteiger charge is 1.97. The van der Waals surface area contributed by atoms with Crippen molar-refractivity contribution in [1.82, 2.24) is 4.98 Å². The van der Waals surface area contributed by atoms with E-state index in [1.807, 2.05) is 60.0 Å². The first-order chi connectivity index (χ1) is 10.4. The summed E-state index contributed by atoms with van der Waals surface area (Å²) in [5.41, 5.74) is 3.83. The van der Waals surface area contributed by atoms with Gasteiger partial charge in [-0.3, -0.25) is 5.43 Å². The molecule has 3 aromatic rings. The molecule has 0 aliphatic carbocycles. The highest BCUT2D eigenvalue weighted by Crippen LogP contribution is 2.21. The quantitative estimate of drug-likeness (QED) is 0.561. The van der Waals surface area contributed by atoms with E-state index in [1.54, 1.807) is 12.4 Å². The molecule has 0 unspecified atom stereocenters. The average molecular weight is 295 g/mol. The van der Waals surface area contributed by atoms with Gasteiger partial charge in [-0.05, 0) is 29.8 Å². The minimum Gasteiger partial charge on any atom is -0.457 e. The average Bonchev–Trinajstić information content (AvgIpc) is 3.02. The Bertz CT molecular complexity index is 711. The first-order valence-corrected chi connectivity index (χ1v) is 7.30. The van der Waals surface area contributed by atoms with Crippen LogP contribution in [0.15, 0.2) is 71.3 Å². The Balaban J connectivity index is 1.67. The molecule has 3 rings (SSSR count). The lowest BCUT2D eigenvalue weighted by atomic mass is 10.2. The molecule has 0 amide bonds. The summed E-state index contributed by atoms with van der Waals surface area (Å²) in [5.74, 6) is 1.59. The zero-order valence-electron chi connectivity index (χ0n) is 11.1. The predicted molar refractivity (Wildman–Crippen MR) is 86.3 cm³/mol. The van der Waals surface area contributed by atoms with E-state index in [-0.39, 0.29) is 0 Å². The van der Waals surface area contributed by atoms with Crippen LogP contribution in [0, 0.1) is 0 Å². The number of hydrazone groups is 1. The van der Waals surface area contributed by atoms with E-state index in [4.69, 9.17) is 4.74 Å². The zero-order valence-corrected chi connectivity index (χ0v) is 12.0. The molecule has 21 heavy (non-hydrogen) atoms. The van der Waals surface area contributed by atoms with Crippen LogP contribution in [-0.2, 0) is 0 Å². The van der Waals surface area contributed by atoms with Gasteiger partial charge >= 0.3 is 0 Å². The van der Waals surface area contributed by atoms with Crippen LogP contribution in [0.4, 0.5) is 5.13 Å². The van der Waals surface area contributed by atoms with Gasteiger partial charge in [-0.25, -0.2) is 4.98 Å². The fourth-order valence-electron chi connectivity index (χ4n) is 1.72. The number of thiazole rings is 1. The Morgan fingerprint density at radius 2 is 1.90 bits per heavy atom. The molecule has 5 heteroatoms. The molecule has 0 fully saturated rings. The van der Waals surface area contributed by atoms with Crippen LogP contribution in [0.3, 0.4) is 0 Å². The summed E-state index contributed by atoms with van der Waals surface area (Å²) >= 11 is 1.50. The Morgan fingerprint density at radius 1 is 1.05 bits per heavy atom. The second kappa shape index (κ2) is 6.67. The number of aromatic nitrogens is 1. The molecule has 0 saturated heterocycles. The second-order valence-electron chi connectivity index (χ2n) is 4.19. The van der Waals surface area contributed by atoms with Gasteiger partial charge in [0.1, 0.15) is 11.5 Å². The first-order valence-electron chi connectivity index (χ1n) is 6.42. The first kappa shape index (κ1) is 13.3. The van der Waals surface area contributed by atoms with Crippen molar-refractivity contribution < 1.29 is 4.74 Å². The molecular formula is C16H13N3OS. The molecule has 104 valence electrons. The van der Waals surface area contributed by atoms with E-state index in [2.05, 4.69) is 15.5 Å². The number of nitrogens with one attached hydrogen (secondary N) is 1. The van der Waals surface area contributed by atoms with E-state index >= 15 is 0 Å². The van der Waals surface area contributed by atoms with Gasteiger partial charge in [0.15, 0.2) is 0 Å². The molecule has 0 bridgehead atoms. The summed E-state index contributed by atoms with van der Waals surface area (Å²) in [6, 6.07) is 17.4. The summed E-state index contributed by atoms with van der Waals surface area (Å²) in [5, 5.41) is 6.81. The van der Waals surface area contributed by atoms with E-state index in [9.17, 15) is 0 Å². The van der Waals surface area contributed by atoms with Gasteiger partial charge in [-0.2, -0.15) is 5.10 Å². The summed E-state index contributed by atoms with van der Waals surface area (Å²) in [4.78, 5) is 4.09. The summed E-state index contributed by atoms with van der Waals surface area (Å²) in [6.45, 7) is 0.